The van der Waals surface area contributed by atoms with Gasteiger partial charge in [-0.3, -0.25) is 4.79 Å². The fourth-order valence-corrected chi connectivity index (χ4v) is 3.12. The Morgan fingerprint density at radius 2 is 1.83 bits per heavy atom. The zero-order valence-corrected chi connectivity index (χ0v) is 17.8. The number of terminal acetylenes is 1. The number of benzene rings is 2. The maximum atomic E-state index is 12.7. The molecule has 0 spiro atoms. The van der Waals surface area contributed by atoms with Gasteiger partial charge in [0.1, 0.15) is 0 Å². The zero-order chi connectivity index (χ0) is 21.5. The molecular formula is C25H27N3O2. The number of rotatable bonds is 8. The molecule has 3 aromatic rings. The molecule has 1 amide bonds. The minimum atomic E-state index is -0.0328. The first kappa shape index (κ1) is 21.3. The summed E-state index contributed by atoms with van der Waals surface area (Å²) in [5.41, 5.74) is 4.39. The van der Waals surface area contributed by atoms with Gasteiger partial charge in [0.2, 0.25) is 17.6 Å². The van der Waals surface area contributed by atoms with Gasteiger partial charge in [-0.1, -0.05) is 79.0 Å². The van der Waals surface area contributed by atoms with Crippen LogP contribution in [0.1, 0.15) is 48.8 Å². The molecule has 0 radical (unpaired) electrons. The van der Waals surface area contributed by atoms with Crippen molar-refractivity contribution >= 4 is 5.91 Å². The third kappa shape index (κ3) is 5.57. The van der Waals surface area contributed by atoms with Crippen molar-refractivity contribution in [1.82, 2.24) is 15.0 Å². The molecule has 0 aliphatic carbocycles. The summed E-state index contributed by atoms with van der Waals surface area (Å²) in [5, 5.41) is 4.05. The number of hydrogen-bond acceptors (Lipinski definition) is 4. The highest BCUT2D eigenvalue weighted by Crippen LogP contribution is 2.21. The minimum absolute atomic E-state index is 0.0328. The van der Waals surface area contributed by atoms with Gasteiger partial charge >= 0.3 is 0 Å². The first-order valence-corrected chi connectivity index (χ1v) is 10.2. The van der Waals surface area contributed by atoms with Crippen LogP contribution in [0.15, 0.2) is 53.1 Å². The van der Waals surface area contributed by atoms with Gasteiger partial charge < -0.3 is 9.42 Å². The van der Waals surface area contributed by atoms with E-state index in [0.29, 0.717) is 30.6 Å². The molecular weight excluding hydrogens is 374 g/mol. The smallest absolute Gasteiger partial charge is 0.227 e. The molecule has 0 fully saturated rings. The van der Waals surface area contributed by atoms with Crippen molar-refractivity contribution < 1.29 is 9.32 Å². The van der Waals surface area contributed by atoms with Crippen molar-refractivity contribution in [3.05, 3.63) is 71.1 Å². The molecule has 0 bridgehead atoms. The van der Waals surface area contributed by atoms with Gasteiger partial charge in [0.25, 0.3) is 0 Å². The van der Waals surface area contributed by atoms with E-state index in [4.69, 9.17) is 10.9 Å². The molecule has 0 N–H and O–H groups in total. The maximum Gasteiger partial charge on any atom is 0.227 e. The summed E-state index contributed by atoms with van der Waals surface area (Å²) in [5.74, 6) is 3.99. The Bertz CT molecular complexity index is 1010. The average molecular weight is 402 g/mol. The highest BCUT2D eigenvalue weighted by Gasteiger charge is 2.16. The predicted octanol–water partition coefficient (Wildman–Crippen LogP) is 4.76. The lowest BCUT2D eigenvalue weighted by Crippen LogP contribution is -2.31. The van der Waals surface area contributed by atoms with Crippen LogP contribution < -0.4 is 0 Å². The van der Waals surface area contributed by atoms with E-state index in [1.54, 1.807) is 4.90 Å². The first-order chi connectivity index (χ1) is 14.5. The van der Waals surface area contributed by atoms with Gasteiger partial charge in [-0.2, -0.15) is 4.98 Å². The van der Waals surface area contributed by atoms with E-state index in [-0.39, 0.29) is 18.9 Å². The Hall–Kier alpha value is -3.39. The van der Waals surface area contributed by atoms with Crippen LogP contribution in [-0.2, 0) is 17.8 Å². The fourth-order valence-electron chi connectivity index (χ4n) is 3.12. The Labute approximate surface area is 178 Å². The van der Waals surface area contributed by atoms with Gasteiger partial charge in [0.15, 0.2) is 0 Å². The van der Waals surface area contributed by atoms with Crippen molar-refractivity contribution in [2.75, 3.05) is 6.54 Å². The molecule has 0 unspecified atom stereocenters. The van der Waals surface area contributed by atoms with Crippen molar-refractivity contribution in [1.29, 1.82) is 0 Å². The van der Waals surface area contributed by atoms with Crippen molar-refractivity contribution in [2.24, 2.45) is 0 Å². The molecule has 2 aromatic carbocycles. The van der Waals surface area contributed by atoms with Gasteiger partial charge in [0, 0.05) is 24.9 Å². The van der Waals surface area contributed by atoms with Crippen LogP contribution in [0.3, 0.4) is 0 Å². The summed E-state index contributed by atoms with van der Waals surface area (Å²) in [6.07, 6.45) is 6.11. The Morgan fingerprint density at radius 3 is 2.47 bits per heavy atom. The summed E-state index contributed by atoms with van der Waals surface area (Å²) in [7, 11) is 0. The number of hydrogen-bond donors (Lipinski definition) is 0. The highest BCUT2D eigenvalue weighted by molar-refractivity contribution is 5.76. The largest absolute Gasteiger partial charge is 0.339 e. The molecule has 1 aromatic heterocycles. The summed E-state index contributed by atoms with van der Waals surface area (Å²) in [6, 6.07) is 16.2. The summed E-state index contributed by atoms with van der Waals surface area (Å²) < 4.78 is 5.35. The maximum absolute atomic E-state index is 12.7. The molecule has 0 aliphatic rings. The second kappa shape index (κ2) is 9.89. The van der Waals surface area contributed by atoms with Crippen LogP contribution in [0.5, 0.6) is 0 Å². The second-order valence-electron chi connectivity index (χ2n) is 7.73. The van der Waals surface area contributed by atoms with E-state index in [1.807, 2.05) is 43.3 Å². The lowest BCUT2D eigenvalue weighted by atomic mass is 10.0. The topological polar surface area (TPSA) is 59.2 Å². The van der Waals surface area contributed by atoms with Crippen LogP contribution in [-0.4, -0.2) is 27.5 Å². The van der Waals surface area contributed by atoms with Crippen molar-refractivity contribution in [3.63, 3.8) is 0 Å². The molecule has 154 valence electrons. The first-order valence-electron chi connectivity index (χ1n) is 10.2. The van der Waals surface area contributed by atoms with Gasteiger partial charge in [0.05, 0.1) is 6.54 Å². The predicted molar refractivity (Wildman–Crippen MR) is 118 cm³/mol. The van der Waals surface area contributed by atoms with E-state index in [1.165, 1.54) is 11.1 Å². The third-order valence-corrected chi connectivity index (χ3v) is 4.99. The quantitative estimate of drug-likeness (QED) is 0.511. The molecule has 5 heteroatoms. The monoisotopic (exact) mass is 401 g/mol. The van der Waals surface area contributed by atoms with Crippen molar-refractivity contribution in [2.45, 2.75) is 46.1 Å². The second-order valence-corrected chi connectivity index (χ2v) is 7.73. The Morgan fingerprint density at radius 1 is 1.13 bits per heavy atom. The highest BCUT2D eigenvalue weighted by atomic mass is 16.5. The van der Waals surface area contributed by atoms with Gasteiger partial charge in [-0.05, 0) is 24.0 Å². The molecule has 0 saturated heterocycles. The molecule has 5 nitrogen and oxygen atoms in total. The number of carbonyl (C=O) groups is 1. The number of aromatic nitrogens is 2. The lowest BCUT2D eigenvalue weighted by molar-refractivity contribution is -0.131. The van der Waals surface area contributed by atoms with Gasteiger partial charge in [-0.15, -0.1) is 6.42 Å². The third-order valence-electron chi connectivity index (χ3n) is 4.99. The minimum Gasteiger partial charge on any atom is -0.339 e. The van der Waals surface area contributed by atoms with Crippen LogP contribution in [0, 0.1) is 19.3 Å². The molecule has 0 saturated carbocycles. The normalized spacial score (nSPS) is 10.8. The van der Waals surface area contributed by atoms with Crippen LogP contribution >= 0.6 is 0 Å². The van der Waals surface area contributed by atoms with Crippen molar-refractivity contribution in [3.8, 4) is 23.7 Å². The van der Waals surface area contributed by atoms with E-state index in [0.717, 1.165) is 11.1 Å². The average Bonchev–Trinajstić information content (AvgIpc) is 3.22. The fraction of sp³-hybridized carbons (Fsp3) is 0.320. The summed E-state index contributed by atoms with van der Waals surface area (Å²) in [4.78, 5) is 18.8. The molecule has 0 aliphatic heterocycles. The SMILES string of the molecule is C#CCN(Cc1ccc(C)cc1)C(=O)CCc1nc(-c2ccc(C(C)C)cc2)no1. The van der Waals surface area contributed by atoms with Crippen LogP contribution in [0.25, 0.3) is 11.4 Å². The summed E-state index contributed by atoms with van der Waals surface area (Å²) in [6.45, 7) is 7.09. The molecule has 1 heterocycles. The van der Waals surface area contributed by atoms with E-state index >= 15 is 0 Å². The standard InChI is InChI=1S/C25H27N3O2/c1-5-16-28(17-20-8-6-19(4)7-9-20)24(29)15-14-23-26-25(27-30-23)22-12-10-21(11-13-22)18(2)3/h1,6-13,18H,14-17H2,2-4H3. The van der Waals surface area contributed by atoms with E-state index in [9.17, 15) is 4.79 Å². The molecule has 0 atom stereocenters. The molecule has 30 heavy (non-hydrogen) atoms. The molecule has 3 rings (SSSR count). The number of aryl methyl sites for hydroxylation is 2. The van der Waals surface area contributed by atoms with Crippen LogP contribution in [0.4, 0.5) is 0 Å². The summed E-state index contributed by atoms with van der Waals surface area (Å²) >= 11 is 0. The number of carbonyl (C=O) groups excluding carboxylic acids is 1. The zero-order valence-electron chi connectivity index (χ0n) is 17.8. The number of amides is 1. The Balaban J connectivity index is 1.60. The van der Waals surface area contributed by atoms with E-state index < -0.39 is 0 Å². The lowest BCUT2D eigenvalue weighted by Gasteiger charge is -2.20. The number of nitrogens with zero attached hydrogens (tertiary/aromatic N) is 3. The van der Waals surface area contributed by atoms with Gasteiger partial charge in [-0.25, -0.2) is 0 Å². The Kier molecular flexibility index (Phi) is 7.03. The van der Waals surface area contributed by atoms with E-state index in [2.05, 4.69) is 42.0 Å². The van der Waals surface area contributed by atoms with Crippen LogP contribution in [0.2, 0.25) is 0 Å².